The number of amides is 1. The maximum absolute atomic E-state index is 12.3. The van der Waals surface area contributed by atoms with E-state index in [1.165, 1.54) is 24.9 Å². The molecular weight excluding hydrogens is 292 g/mol. The van der Waals surface area contributed by atoms with Crippen LogP contribution in [-0.4, -0.2) is 45.8 Å². The van der Waals surface area contributed by atoms with Gasteiger partial charge in [-0.3, -0.25) is 19.4 Å². The Bertz CT molecular complexity index is 493. The summed E-state index contributed by atoms with van der Waals surface area (Å²) in [6.07, 6.45) is 2.80. The highest BCUT2D eigenvalue weighted by molar-refractivity contribution is 7.99. The zero-order valence-corrected chi connectivity index (χ0v) is 12.6. The lowest BCUT2D eigenvalue weighted by molar-refractivity contribution is -0.137. The van der Waals surface area contributed by atoms with Gasteiger partial charge < -0.3 is 10.4 Å². The van der Waals surface area contributed by atoms with Crippen LogP contribution in [-0.2, 0) is 9.59 Å². The van der Waals surface area contributed by atoms with Gasteiger partial charge in [-0.2, -0.15) is 11.8 Å². The van der Waals surface area contributed by atoms with E-state index >= 15 is 0 Å². The average Bonchev–Trinajstić information content (AvgIpc) is 2.45. The second-order valence-corrected chi connectivity index (χ2v) is 5.61. The topological polar surface area (TPSA) is 96.4 Å². The monoisotopic (exact) mass is 310 g/mol. The summed E-state index contributed by atoms with van der Waals surface area (Å²) < 4.78 is 0. The second kappa shape index (κ2) is 9.12. The number of carboxylic acid groups (broad SMARTS) is 1. The number of thioether (sulfide) groups is 1. The van der Waals surface area contributed by atoms with Crippen molar-refractivity contribution in [1.29, 1.82) is 0 Å². The smallest absolute Gasteiger partial charge is 0.304 e. The lowest BCUT2D eigenvalue weighted by Gasteiger charge is -2.13. The molecule has 1 heterocycles. The molecule has 1 rings (SSSR count). The van der Waals surface area contributed by atoms with E-state index in [9.17, 15) is 14.4 Å². The van der Waals surface area contributed by atoms with Gasteiger partial charge in [-0.25, -0.2) is 0 Å². The van der Waals surface area contributed by atoms with Crippen molar-refractivity contribution in [1.82, 2.24) is 10.3 Å². The van der Waals surface area contributed by atoms with Crippen LogP contribution in [0.2, 0.25) is 0 Å². The van der Waals surface area contributed by atoms with Gasteiger partial charge in [0.25, 0.3) is 0 Å². The number of nitrogens with one attached hydrogen (secondary N) is 1. The molecule has 7 heteroatoms. The normalized spacial score (nSPS) is 11.7. The third kappa shape index (κ3) is 6.89. The van der Waals surface area contributed by atoms with Crippen LogP contribution in [0.15, 0.2) is 24.5 Å². The molecule has 0 saturated heterocycles. The van der Waals surface area contributed by atoms with E-state index in [4.69, 9.17) is 5.11 Å². The number of carboxylic acids is 1. The van der Waals surface area contributed by atoms with Gasteiger partial charge in [-0.1, -0.05) is 0 Å². The quantitative estimate of drug-likeness (QED) is 0.526. The highest BCUT2D eigenvalue weighted by Crippen LogP contribution is 2.17. The maximum Gasteiger partial charge on any atom is 0.304 e. The highest BCUT2D eigenvalue weighted by Gasteiger charge is 2.23. The number of nitrogens with zero attached hydrogens (tertiary/aromatic N) is 1. The lowest BCUT2D eigenvalue weighted by Crippen LogP contribution is -2.24. The molecule has 0 fully saturated rings. The van der Waals surface area contributed by atoms with Crippen LogP contribution in [0, 0.1) is 5.92 Å². The van der Waals surface area contributed by atoms with E-state index in [1.807, 2.05) is 0 Å². The Hall–Kier alpha value is -1.89. The van der Waals surface area contributed by atoms with Crippen LogP contribution in [0.5, 0.6) is 0 Å². The Morgan fingerprint density at radius 3 is 2.76 bits per heavy atom. The van der Waals surface area contributed by atoms with E-state index in [-0.39, 0.29) is 18.1 Å². The van der Waals surface area contributed by atoms with Crippen molar-refractivity contribution in [3.8, 4) is 0 Å². The van der Waals surface area contributed by atoms with Gasteiger partial charge in [0.1, 0.15) is 0 Å². The summed E-state index contributed by atoms with van der Waals surface area (Å²) in [7, 11) is 0. The van der Waals surface area contributed by atoms with Gasteiger partial charge in [-0.15, -0.1) is 0 Å². The van der Waals surface area contributed by atoms with Crippen LogP contribution in [0.3, 0.4) is 0 Å². The van der Waals surface area contributed by atoms with Crippen molar-refractivity contribution in [3.63, 3.8) is 0 Å². The Labute approximate surface area is 127 Å². The fourth-order valence-electron chi connectivity index (χ4n) is 1.71. The molecule has 0 aliphatic heterocycles. The number of Topliss-reactive ketones (excluding diaryl/α,β-unsaturated/α-hetero) is 1. The van der Waals surface area contributed by atoms with Gasteiger partial charge >= 0.3 is 5.97 Å². The SMILES string of the molecule is CC(=O)NCCSCC(CC(=O)O)C(=O)c1cccnc1. The number of aliphatic carboxylic acids is 1. The van der Waals surface area contributed by atoms with Crippen molar-refractivity contribution >= 4 is 29.4 Å². The summed E-state index contributed by atoms with van der Waals surface area (Å²) >= 11 is 1.45. The zero-order valence-electron chi connectivity index (χ0n) is 11.7. The maximum atomic E-state index is 12.3. The first-order valence-electron chi connectivity index (χ1n) is 6.49. The standard InChI is InChI=1S/C14H18N2O4S/c1-10(17)16-5-6-21-9-12(7-13(18)19)14(20)11-3-2-4-15-8-11/h2-4,8,12H,5-7,9H2,1H3,(H,16,17)(H,18,19). The summed E-state index contributed by atoms with van der Waals surface area (Å²) in [6, 6.07) is 3.28. The minimum Gasteiger partial charge on any atom is -0.481 e. The molecule has 1 unspecified atom stereocenters. The first kappa shape index (κ1) is 17.2. The first-order valence-corrected chi connectivity index (χ1v) is 7.64. The first-order chi connectivity index (χ1) is 10.0. The molecule has 0 spiro atoms. The number of carbonyl (C=O) groups excluding carboxylic acids is 2. The molecule has 0 aliphatic rings. The zero-order chi connectivity index (χ0) is 15.7. The van der Waals surface area contributed by atoms with E-state index in [0.29, 0.717) is 23.6 Å². The molecule has 1 atom stereocenters. The largest absolute Gasteiger partial charge is 0.481 e. The van der Waals surface area contributed by atoms with Crippen LogP contribution >= 0.6 is 11.8 Å². The van der Waals surface area contributed by atoms with Crippen molar-refractivity contribution < 1.29 is 19.5 Å². The van der Waals surface area contributed by atoms with Gasteiger partial charge in [0, 0.05) is 48.8 Å². The number of rotatable bonds is 9. The number of pyridine rings is 1. The number of ketones is 1. The number of hydrogen-bond acceptors (Lipinski definition) is 5. The van der Waals surface area contributed by atoms with Crippen molar-refractivity contribution in [2.24, 2.45) is 5.92 Å². The predicted octanol–water partition coefficient (Wildman–Crippen LogP) is 1.22. The Kier molecular flexibility index (Phi) is 7.45. The van der Waals surface area contributed by atoms with Crippen molar-refractivity contribution in [2.75, 3.05) is 18.1 Å². The minimum absolute atomic E-state index is 0.107. The Morgan fingerprint density at radius 1 is 1.43 bits per heavy atom. The van der Waals surface area contributed by atoms with E-state index in [1.54, 1.807) is 18.3 Å². The molecule has 1 aromatic rings. The average molecular weight is 310 g/mol. The fraction of sp³-hybridized carbons (Fsp3) is 0.429. The molecule has 1 aromatic heterocycles. The molecule has 21 heavy (non-hydrogen) atoms. The molecule has 0 bridgehead atoms. The molecule has 114 valence electrons. The van der Waals surface area contributed by atoms with Gasteiger partial charge in [-0.05, 0) is 12.1 Å². The third-order valence-electron chi connectivity index (χ3n) is 2.68. The number of hydrogen-bond donors (Lipinski definition) is 2. The van der Waals surface area contributed by atoms with Gasteiger partial charge in [0.15, 0.2) is 5.78 Å². The van der Waals surface area contributed by atoms with Crippen molar-refractivity contribution in [2.45, 2.75) is 13.3 Å². The second-order valence-electron chi connectivity index (χ2n) is 4.46. The molecule has 0 radical (unpaired) electrons. The summed E-state index contributed by atoms with van der Waals surface area (Å²) in [6.45, 7) is 1.94. The van der Waals surface area contributed by atoms with E-state index in [0.717, 1.165) is 0 Å². The Morgan fingerprint density at radius 2 is 2.19 bits per heavy atom. The van der Waals surface area contributed by atoms with E-state index < -0.39 is 11.9 Å². The number of aromatic nitrogens is 1. The summed E-state index contributed by atoms with van der Waals surface area (Å²) in [5, 5.41) is 11.6. The van der Waals surface area contributed by atoms with E-state index in [2.05, 4.69) is 10.3 Å². The van der Waals surface area contributed by atoms with Crippen molar-refractivity contribution in [3.05, 3.63) is 30.1 Å². The molecule has 1 amide bonds. The number of carbonyl (C=O) groups is 3. The summed E-state index contributed by atoms with van der Waals surface area (Å²) in [5.41, 5.74) is 0.422. The fourth-order valence-corrected chi connectivity index (χ4v) is 2.67. The van der Waals surface area contributed by atoms with Gasteiger partial charge in [0.2, 0.25) is 5.91 Å². The highest BCUT2D eigenvalue weighted by atomic mass is 32.2. The molecule has 0 aliphatic carbocycles. The molecule has 6 nitrogen and oxygen atoms in total. The Balaban J connectivity index is 2.53. The van der Waals surface area contributed by atoms with Gasteiger partial charge in [0.05, 0.1) is 6.42 Å². The molecule has 0 aromatic carbocycles. The van der Waals surface area contributed by atoms with Crippen LogP contribution < -0.4 is 5.32 Å². The minimum atomic E-state index is -1.00. The molecule has 2 N–H and O–H groups in total. The van der Waals surface area contributed by atoms with Crippen LogP contribution in [0.1, 0.15) is 23.7 Å². The predicted molar refractivity (Wildman–Crippen MR) is 80.3 cm³/mol. The molecule has 0 saturated carbocycles. The van der Waals surface area contributed by atoms with Crippen LogP contribution in [0.4, 0.5) is 0 Å². The summed E-state index contributed by atoms with van der Waals surface area (Å²) in [5.74, 6) is -0.870. The van der Waals surface area contributed by atoms with Crippen LogP contribution in [0.25, 0.3) is 0 Å². The summed E-state index contributed by atoms with van der Waals surface area (Å²) in [4.78, 5) is 37.7. The third-order valence-corrected chi connectivity index (χ3v) is 3.81. The molecular formula is C14H18N2O4S. The lowest BCUT2D eigenvalue weighted by atomic mass is 9.97.